The van der Waals surface area contributed by atoms with Crippen molar-refractivity contribution in [3.8, 4) is 11.1 Å². The standard InChI is InChI=1S/C19H18OS/c1-2-5-16(20)13-14-6-3-7-15(12-14)17-8-4-9-19-18(17)10-11-21-19/h3-4,6-12H,2,5,13H2,1H3. The lowest BCUT2D eigenvalue weighted by atomic mass is 9.98. The summed E-state index contributed by atoms with van der Waals surface area (Å²) in [5.74, 6) is 0.323. The number of benzene rings is 2. The molecule has 0 atom stereocenters. The first-order valence-corrected chi connectivity index (χ1v) is 8.23. The minimum atomic E-state index is 0.323. The summed E-state index contributed by atoms with van der Waals surface area (Å²) >= 11 is 1.76. The van der Waals surface area contributed by atoms with Gasteiger partial charge in [-0.15, -0.1) is 11.3 Å². The smallest absolute Gasteiger partial charge is 0.137 e. The average Bonchev–Trinajstić information content (AvgIpc) is 2.96. The molecule has 21 heavy (non-hydrogen) atoms. The number of rotatable bonds is 5. The molecule has 1 heterocycles. The molecule has 3 aromatic rings. The summed E-state index contributed by atoms with van der Waals surface area (Å²) in [4.78, 5) is 11.8. The fourth-order valence-corrected chi connectivity index (χ4v) is 3.50. The molecule has 106 valence electrons. The van der Waals surface area contributed by atoms with Crippen molar-refractivity contribution >= 4 is 27.2 Å². The summed E-state index contributed by atoms with van der Waals surface area (Å²) in [5, 5.41) is 3.42. The largest absolute Gasteiger partial charge is 0.299 e. The highest BCUT2D eigenvalue weighted by Gasteiger charge is 2.07. The van der Waals surface area contributed by atoms with Crippen molar-refractivity contribution < 1.29 is 4.79 Å². The maximum absolute atomic E-state index is 11.8. The van der Waals surface area contributed by atoms with E-state index >= 15 is 0 Å². The Labute approximate surface area is 129 Å². The van der Waals surface area contributed by atoms with Crippen molar-refractivity contribution in [3.63, 3.8) is 0 Å². The number of Topliss-reactive ketones (excluding diaryl/α,β-unsaturated/α-hetero) is 1. The Hall–Kier alpha value is -1.93. The minimum Gasteiger partial charge on any atom is -0.299 e. The highest BCUT2D eigenvalue weighted by Crippen LogP contribution is 2.32. The van der Waals surface area contributed by atoms with Crippen LogP contribution in [0.3, 0.4) is 0 Å². The monoisotopic (exact) mass is 294 g/mol. The zero-order valence-electron chi connectivity index (χ0n) is 12.1. The number of thiophene rings is 1. The van der Waals surface area contributed by atoms with Crippen molar-refractivity contribution in [3.05, 3.63) is 59.5 Å². The lowest BCUT2D eigenvalue weighted by Gasteiger charge is -2.07. The van der Waals surface area contributed by atoms with Gasteiger partial charge in [-0.2, -0.15) is 0 Å². The zero-order valence-corrected chi connectivity index (χ0v) is 13.0. The molecular weight excluding hydrogens is 276 g/mol. The van der Waals surface area contributed by atoms with Crippen LogP contribution in [0, 0.1) is 0 Å². The second-order valence-electron chi connectivity index (χ2n) is 5.30. The first-order chi connectivity index (χ1) is 10.3. The van der Waals surface area contributed by atoms with Crippen LogP contribution in [0.4, 0.5) is 0 Å². The predicted molar refractivity (Wildman–Crippen MR) is 90.9 cm³/mol. The van der Waals surface area contributed by atoms with Crippen LogP contribution in [-0.2, 0) is 11.2 Å². The minimum absolute atomic E-state index is 0.323. The molecule has 0 aliphatic heterocycles. The van der Waals surface area contributed by atoms with Crippen molar-refractivity contribution in [2.75, 3.05) is 0 Å². The number of fused-ring (bicyclic) bond motifs is 1. The summed E-state index contributed by atoms with van der Waals surface area (Å²) in [6.45, 7) is 2.05. The summed E-state index contributed by atoms with van der Waals surface area (Å²) < 4.78 is 1.31. The van der Waals surface area contributed by atoms with E-state index in [1.165, 1.54) is 21.2 Å². The summed E-state index contributed by atoms with van der Waals surface area (Å²) in [6.07, 6.45) is 2.14. The Morgan fingerprint density at radius 1 is 1.10 bits per heavy atom. The second kappa shape index (κ2) is 6.23. The van der Waals surface area contributed by atoms with E-state index in [4.69, 9.17) is 0 Å². The highest BCUT2D eigenvalue weighted by molar-refractivity contribution is 7.17. The predicted octanol–water partition coefficient (Wildman–Crippen LogP) is 5.48. The van der Waals surface area contributed by atoms with Gasteiger partial charge in [0, 0.05) is 22.9 Å². The third kappa shape index (κ3) is 3.06. The Morgan fingerprint density at radius 2 is 1.95 bits per heavy atom. The van der Waals surface area contributed by atoms with Gasteiger partial charge in [-0.3, -0.25) is 4.79 Å². The van der Waals surface area contributed by atoms with Crippen LogP contribution in [0.5, 0.6) is 0 Å². The van der Waals surface area contributed by atoms with E-state index in [9.17, 15) is 4.79 Å². The van der Waals surface area contributed by atoms with Crippen molar-refractivity contribution in [1.29, 1.82) is 0 Å². The molecule has 0 saturated heterocycles. The molecule has 1 nitrogen and oxygen atoms in total. The van der Waals surface area contributed by atoms with Gasteiger partial charge in [-0.25, -0.2) is 0 Å². The molecule has 0 aliphatic carbocycles. The Balaban J connectivity index is 1.96. The zero-order chi connectivity index (χ0) is 14.7. The fraction of sp³-hybridized carbons (Fsp3) is 0.211. The fourth-order valence-electron chi connectivity index (χ4n) is 2.69. The van der Waals surface area contributed by atoms with Gasteiger partial charge < -0.3 is 0 Å². The first kappa shape index (κ1) is 14.0. The lowest BCUT2D eigenvalue weighted by molar-refractivity contribution is -0.118. The number of hydrogen-bond donors (Lipinski definition) is 0. The van der Waals surface area contributed by atoms with Crippen molar-refractivity contribution in [1.82, 2.24) is 0 Å². The Morgan fingerprint density at radius 3 is 2.81 bits per heavy atom. The molecule has 1 aromatic heterocycles. The van der Waals surface area contributed by atoms with Gasteiger partial charge in [0.1, 0.15) is 5.78 Å². The average molecular weight is 294 g/mol. The Bertz CT molecular complexity index is 770. The van der Waals surface area contributed by atoms with Gasteiger partial charge in [0.2, 0.25) is 0 Å². The van der Waals surface area contributed by atoms with Crippen LogP contribution in [0.2, 0.25) is 0 Å². The molecule has 2 heteroatoms. The summed E-state index contributed by atoms with van der Waals surface area (Å²) in [5.41, 5.74) is 3.55. The van der Waals surface area contributed by atoms with E-state index in [0.717, 1.165) is 12.0 Å². The maximum atomic E-state index is 11.8. The third-order valence-electron chi connectivity index (χ3n) is 3.66. The molecular formula is C19H18OS. The molecule has 0 fully saturated rings. The Kier molecular flexibility index (Phi) is 4.16. The number of ketones is 1. The molecule has 2 aromatic carbocycles. The van der Waals surface area contributed by atoms with E-state index < -0.39 is 0 Å². The molecule has 0 radical (unpaired) electrons. The topological polar surface area (TPSA) is 17.1 Å². The number of hydrogen-bond acceptors (Lipinski definition) is 2. The first-order valence-electron chi connectivity index (χ1n) is 7.35. The van der Waals surface area contributed by atoms with E-state index in [0.29, 0.717) is 18.6 Å². The van der Waals surface area contributed by atoms with Gasteiger partial charge in [-0.05, 0) is 40.6 Å². The van der Waals surface area contributed by atoms with Crippen molar-refractivity contribution in [2.45, 2.75) is 26.2 Å². The van der Waals surface area contributed by atoms with Gasteiger partial charge >= 0.3 is 0 Å². The molecule has 0 amide bonds. The molecule has 0 bridgehead atoms. The van der Waals surface area contributed by atoms with Gasteiger partial charge in [-0.1, -0.05) is 43.3 Å². The molecule has 0 N–H and O–H groups in total. The second-order valence-corrected chi connectivity index (χ2v) is 6.25. The summed E-state index contributed by atoms with van der Waals surface area (Å²) in [7, 11) is 0. The van der Waals surface area contributed by atoms with E-state index in [1.54, 1.807) is 11.3 Å². The SMILES string of the molecule is CCCC(=O)Cc1cccc(-c2cccc3sccc23)c1. The van der Waals surface area contributed by atoms with Crippen LogP contribution in [0.1, 0.15) is 25.3 Å². The van der Waals surface area contributed by atoms with E-state index in [2.05, 4.69) is 47.8 Å². The van der Waals surface area contributed by atoms with Crippen LogP contribution in [-0.4, -0.2) is 5.78 Å². The number of carbonyl (C=O) groups is 1. The van der Waals surface area contributed by atoms with Crippen LogP contribution >= 0.6 is 11.3 Å². The summed E-state index contributed by atoms with van der Waals surface area (Å²) in [6, 6.07) is 17.0. The molecule has 0 unspecified atom stereocenters. The van der Waals surface area contributed by atoms with Crippen molar-refractivity contribution in [2.24, 2.45) is 0 Å². The van der Waals surface area contributed by atoms with E-state index in [1.807, 2.05) is 13.0 Å². The molecule has 3 rings (SSSR count). The molecule has 0 spiro atoms. The molecule has 0 saturated carbocycles. The van der Waals surface area contributed by atoms with E-state index in [-0.39, 0.29) is 0 Å². The van der Waals surface area contributed by atoms with Crippen LogP contribution in [0.25, 0.3) is 21.2 Å². The molecule has 0 aliphatic rings. The van der Waals surface area contributed by atoms with Gasteiger partial charge in [0.05, 0.1) is 0 Å². The normalized spacial score (nSPS) is 10.9. The highest BCUT2D eigenvalue weighted by atomic mass is 32.1. The van der Waals surface area contributed by atoms with Crippen LogP contribution < -0.4 is 0 Å². The number of carbonyl (C=O) groups excluding carboxylic acids is 1. The lowest BCUT2D eigenvalue weighted by Crippen LogP contribution is -2.01. The van der Waals surface area contributed by atoms with Gasteiger partial charge in [0.15, 0.2) is 0 Å². The van der Waals surface area contributed by atoms with Gasteiger partial charge in [0.25, 0.3) is 0 Å². The maximum Gasteiger partial charge on any atom is 0.137 e. The van der Waals surface area contributed by atoms with Crippen LogP contribution in [0.15, 0.2) is 53.9 Å². The third-order valence-corrected chi connectivity index (χ3v) is 4.55. The quantitative estimate of drug-likeness (QED) is 0.609.